The molecule has 0 aromatic rings. The first-order chi connectivity index (χ1) is 11.6. The number of hydrogen-bond donors (Lipinski definition) is 3. The van der Waals surface area contributed by atoms with Crippen LogP contribution >= 0.6 is 11.8 Å². The Kier molecular flexibility index (Phi) is 7.36. The third-order valence-electron chi connectivity index (χ3n) is 4.13. The van der Waals surface area contributed by atoms with Crippen molar-refractivity contribution in [1.29, 1.82) is 0 Å². The van der Waals surface area contributed by atoms with Crippen LogP contribution in [0, 0.1) is 5.92 Å². The highest BCUT2D eigenvalue weighted by Crippen LogP contribution is 2.25. The Balaban J connectivity index is 1.49. The SMILES string of the molecule is O=C(CSCC(=O)NCC1CCC1)NCCN1CCNC(=O)C1=O. The normalized spacial score (nSPS) is 17.9. The van der Waals surface area contributed by atoms with E-state index in [2.05, 4.69) is 16.0 Å². The minimum absolute atomic E-state index is 0.0374. The molecule has 0 spiro atoms. The van der Waals surface area contributed by atoms with Gasteiger partial charge in [-0.05, 0) is 18.8 Å². The molecular weight excluding hydrogens is 332 g/mol. The minimum atomic E-state index is -0.601. The first-order valence-electron chi connectivity index (χ1n) is 8.24. The van der Waals surface area contributed by atoms with Crippen LogP contribution in [0.25, 0.3) is 0 Å². The lowest BCUT2D eigenvalue weighted by molar-refractivity contribution is -0.148. The Morgan fingerprint density at radius 1 is 1.17 bits per heavy atom. The zero-order valence-corrected chi connectivity index (χ0v) is 14.5. The van der Waals surface area contributed by atoms with E-state index in [4.69, 9.17) is 0 Å². The number of carbonyl (C=O) groups is 4. The summed E-state index contributed by atoms with van der Waals surface area (Å²) >= 11 is 1.26. The van der Waals surface area contributed by atoms with Gasteiger partial charge in [0.1, 0.15) is 0 Å². The van der Waals surface area contributed by atoms with Crippen molar-refractivity contribution >= 4 is 35.4 Å². The van der Waals surface area contributed by atoms with E-state index in [-0.39, 0.29) is 23.3 Å². The van der Waals surface area contributed by atoms with Crippen molar-refractivity contribution in [3.8, 4) is 0 Å². The van der Waals surface area contributed by atoms with Gasteiger partial charge in [-0.15, -0.1) is 11.8 Å². The maximum absolute atomic E-state index is 11.7. The van der Waals surface area contributed by atoms with E-state index in [1.807, 2.05) is 0 Å². The first kappa shape index (κ1) is 18.6. The van der Waals surface area contributed by atoms with Crippen LogP contribution in [0.5, 0.6) is 0 Å². The van der Waals surface area contributed by atoms with E-state index in [1.54, 1.807) is 0 Å². The fourth-order valence-corrected chi connectivity index (χ4v) is 3.14. The van der Waals surface area contributed by atoms with E-state index in [9.17, 15) is 19.2 Å². The number of rotatable bonds is 9. The standard InChI is InChI=1S/C15H24N4O4S/c20-12(9-24-10-13(21)18-8-11-2-1-3-11)16-4-6-19-7-5-17-14(22)15(19)23/h11H,1-10H2,(H,16,20)(H,17,22)(H,18,21). The van der Waals surface area contributed by atoms with E-state index in [0.29, 0.717) is 32.1 Å². The molecule has 1 aliphatic carbocycles. The summed E-state index contributed by atoms with van der Waals surface area (Å²) in [5.74, 6) is -0.285. The summed E-state index contributed by atoms with van der Waals surface area (Å²) in [7, 11) is 0. The fourth-order valence-electron chi connectivity index (χ4n) is 2.46. The zero-order valence-electron chi connectivity index (χ0n) is 13.6. The second-order valence-corrected chi connectivity index (χ2v) is 6.98. The third-order valence-corrected chi connectivity index (χ3v) is 5.06. The largest absolute Gasteiger partial charge is 0.355 e. The van der Waals surface area contributed by atoms with Crippen molar-refractivity contribution in [2.75, 3.05) is 44.2 Å². The van der Waals surface area contributed by atoms with Crippen LogP contribution in [-0.4, -0.2) is 72.8 Å². The fraction of sp³-hybridized carbons (Fsp3) is 0.733. The molecule has 2 rings (SSSR count). The Morgan fingerprint density at radius 3 is 2.54 bits per heavy atom. The van der Waals surface area contributed by atoms with Gasteiger partial charge in [-0.25, -0.2) is 0 Å². The average molecular weight is 356 g/mol. The molecular formula is C15H24N4O4S. The molecule has 9 heteroatoms. The quantitative estimate of drug-likeness (QED) is 0.446. The van der Waals surface area contributed by atoms with Gasteiger partial charge in [0.05, 0.1) is 11.5 Å². The predicted molar refractivity (Wildman–Crippen MR) is 90.3 cm³/mol. The van der Waals surface area contributed by atoms with Crippen LogP contribution in [-0.2, 0) is 19.2 Å². The predicted octanol–water partition coefficient (Wildman–Crippen LogP) is -1.29. The molecule has 0 unspecified atom stereocenters. The van der Waals surface area contributed by atoms with Crippen LogP contribution in [0.15, 0.2) is 0 Å². The summed E-state index contributed by atoms with van der Waals surface area (Å²) in [6.45, 7) is 2.24. The van der Waals surface area contributed by atoms with Crippen LogP contribution in [0.4, 0.5) is 0 Å². The summed E-state index contributed by atoms with van der Waals surface area (Å²) in [5.41, 5.74) is 0. The molecule has 1 aliphatic heterocycles. The highest BCUT2D eigenvalue weighted by molar-refractivity contribution is 8.00. The van der Waals surface area contributed by atoms with Crippen LogP contribution in [0.3, 0.4) is 0 Å². The number of hydrogen-bond acceptors (Lipinski definition) is 5. The molecule has 1 saturated carbocycles. The van der Waals surface area contributed by atoms with Crippen molar-refractivity contribution in [1.82, 2.24) is 20.9 Å². The van der Waals surface area contributed by atoms with Gasteiger partial charge in [-0.2, -0.15) is 0 Å². The van der Waals surface area contributed by atoms with Crippen molar-refractivity contribution in [3.05, 3.63) is 0 Å². The monoisotopic (exact) mass is 356 g/mol. The van der Waals surface area contributed by atoms with Crippen molar-refractivity contribution in [3.63, 3.8) is 0 Å². The number of thioether (sulfide) groups is 1. The Labute approximate surface area is 145 Å². The average Bonchev–Trinajstić information content (AvgIpc) is 2.50. The van der Waals surface area contributed by atoms with Crippen LogP contribution in [0.2, 0.25) is 0 Å². The number of amides is 4. The molecule has 0 atom stereocenters. The molecule has 0 aromatic carbocycles. The molecule has 2 fully saturated rings. The maximum Gasteiger partial charge on any atom is 0.312 e. The van der Waals surface area contributed by atoms with Crippen LogP contribution in [0.1, 0.15) is 19.3 Å². The van der Waals surface area contributed by atoms with Gasteiger partial charge in [-0.1, -0.05) is 6.42 Å². The number of carbonyl (C=O) groups excluding carboxylic acids is 4. The van der Waals surface area contributed by atoms with Crippen molar-refractivity contribution < 1.29 is 19.2 Å². The Hall–Kier alpha value is -1.77. The Morgan fingerprint density at radius 2 is 1.88 bits per heavy atom. The van der Waals surface area contributed by atoms with Gasteiger partial charge < -0.3 is 20.9 Å². The molecule has 4 amide bonds. The van der Waals surface area contributed by atoms with Gasteiger partial charge in [-0.3, -0.25) is 19.2 Å². The Bertz CT molecular complexity index is 496. The van der Waals surface area contributed by atoms with E-state index in [1.165, 1.54) is 35.9 Å². The minimum Gasteiger partial charge on any atom is -0.355 e. The lowest BCUT2D eigenvalue weighted by atomic mass is 9.85. The second kappa shape index (κ2) is 9.51. The van der Waals surface area contributed by atoms with Gasteiger partial charge in [0.25, 0.3) is 0 Å². The second-order valence-electron chi connectivity index (χ2n) is 5.99. The van der Waals surface area contributed by atoms with Gasteiger partial charge in [0.2, 0.25) is 11.8 Å². The topological polar surface area (TPSA) is 108 Å². The molecule has 0 aromatic heterocycles. The molecule has 0 bridgehead atoms. The lowest BCUT2D eigenvalue weighted by Gasteiger charge is -2.26. The van der Waals surface area contributed by atoms with E-state index in [0.717, 1.165) is 6.54 Å². The summed E-state index contributed by atoms with van der Waals surface area (Å²) < 4.78 is 0. The maximum atomic E-state index is 11.7. The molecule has 3 N–H and O–H groups in total. The number of piperazine rings is 1. The summed E-state index contributed by atoms with van der Waals surface area (Å²) in [6.07, 6.45) is 3.64. The third kappa shape index (κ3) is 6.03. The lowest BCUT2D eigenvalue weighted by Crippen LogP contribution is -2.53. The zero-order chi connectivity index (χ0) is 17.4. The van der Waals surface area contributed by atoms with Crippen molar-refractivity contribution in [2.45, 2.75) is 19.3 Å². The van der Waals surface area contributed by atoms with Gasteiger partial charge in [0, 0.05) is 32.7 Å². The summed E-state index contributed by atoms with van der Waals surface area (Å²) in [5, 5.41) is 8.04. The molecule has 8 nitrogen and oxygen atoms in total. The summed E-state index contributed by atoms with van der Waals surface area (Å²) in [6, 6.07) is 0. The highest BCUT2D eigenvalue weighted by Gasteiger charge is 2.25. The molecule has 1 heterocycles. The van der Waals surface area contributed by atoms with Crippen molar-refractivity contribution in [2.24, 2.45) is 5.92 Å². The van der Waals surface area contributed by atoms with E-state index < -0.39 is 11.8 Å². The first-order valence-corrected chi connectivity index (χ1v) is 9.40. The number of nitrogens with zero attached hydrogens (tertiary/aromatic N) is 1. The van der Waals surface area contributed by atoms with Gasteiger partial charge >= 0.3 is 11.8 Å². The molecule has 1 saturated heterocycles. The highest BCUT2D eigenvalue weighted by atomic mass is 32.2. The molecule has 2 aliphatic rings. The molecule has 134 valence electrons. The summed E-state index contributed by atoms with van der Waals surface area (Å²) in [4.78, 5) is 47.4. The number of nitrogens with one attached hydrogen (secondary N) is 3. The smallest absolute Gasteiger partial charge is 0.312 e. The molecule has 0 radical (unpaired) electrons. The van der Waals surface area contributed by atoms with E-state index >= 15 is 0 Å². The molecule has 24 heavy (non-hydrogen) atoms. The van der Waals surface area contributed by atoms with Crippen LogP contribution < -0.4 is 16.0 Å². The van der Waals surface area contributed by atoms with Gasteiger partial charge in [0.15, 0.2) is 0 Å².